The quantitative estimate of drug-likeness (QED) is 0.876. The van der Waals surface area contributed by atoms with Crippen molar-refractivity contribution >= 4 is 11.7 Å². The number of anilines is 1. The van der Waals surface area contributed by atoms with Crippen LogP contribution >= 0.6 is 0 Å². The summed E-state index contributed by atoms with van der Waals surface area (Å²) in [6.45, 7) is 3.46. The summed E-state index contributed by atoms with van der Waals surface area (Å²) in [7, 11) is 3.08. The van der Waals surface area contributed by atoms with Gasteiger partial charge >= 0.3 is 5.97 Å². The molecule has 0 fully saturated rings. The Morgan fingerprint density at radius 3 is 2.67 bits per heavy atom. The molecule has 0 amide bonds. The summed E-state index contributed by atoms with van der Waals surface area (Å²) in [5.74, 6) is 0.563. The van der Waals surface area contributed by atoms with E-state index in [1.165, 1.54) is 12.7 Å². The predicted octanol–water partition coefficient (Wildman–Crippen LogP) is 2.91. The van der Waals surface area contributed by atoms with Crippen LogP contribution in [-0.2, 0) is 17.8 Å². The van der Waals surface area contributed by atoms with E-state index in [4.69, 9.17) is 9.47 Å². The summed E-state index contributed by atoms with van der Waals surface area (Å²) in [5.41, 5.74) is 4.02. The van der Waals surface area contributed by atoms with Gasteiger partial charge < -0.3 is 14.8 Å². The van der Waals surface area contributed by atoms with Crippen molar-refractivity contribution in [2.45, 2.75) is 13.1 Å². The summed E-state index contributed by atoms with van der Waals surface area (Å²) in [4.78, 5) is 14.1. The standard InChI is InChI=1S/C19H22N2O3/c1-23-17-6-3-14(4-7-17)12-21-10-9-20-18-8-5-15(19(22)24-2)11-16(18)13-21/h3-8,11,20H,9-10,12-13H2,1-2H3. The maximum Gasteiger partial charge on any atom is 0.337 e. The Kier molecular flexibility index (Phi) is 5.01. The summed E-state index contributed by atoms with van der Waals surface area (Å²) in [5, 5.41) is 3.43. The lowest BCUT2D eigenvalue weighted by atomic mass is 10.1. The maximum atomic E-state index is 11.8. The molecule has 0 saturated heterocycles. The van der Waals surface area contributed by atoms with Gasteiger partial charge in [-0.1, -0.05) is 12.1 Å². The summed E-state index contributed by atoms with van der Waals surface area (Å²) in [6.07, 6.45) is 0. The minimum Gasteiger partial charge on any atom is -0.497 e. The lowest BCUT2D eigenvalue weighted by Gasteiger charge is -2.20. The molecule has 24 heavy (non-hydrogen) atoms. The predicted molar refractivity (Wildman–Crippen MR) is 93.4 cm³/mol. The van der Waals surface area contributed by atoms with Crippen LogP contribution in [0.2, 0.25) is 0 Å². The van der Waals surface area contributed by atoms with E-state index in [0.717, 1.165) is 43.2 Å². The third-order valence-electron chi connectivity index (χ3n) is 4.23. The number of benzene rings is 2. The van der Waals surface area contributed by atoms with Crippen molar-refractivity contribution in [3.05, 3.63) is 59.2 Å². The van der Waals surface area contributed by atoms with Crippen LogP contribution in [0.15, 0.2) is 42.5 Å². The Hall–Kier alpha value is -2.53. The largest absolute Gasteiger partial charge is 0.497 e. The molecule has 126 valence electrons. The van der Waals surface area contributed by atoms with Crippen molar-refractivity contribution in [3.8, 4) is 5.75 Å². The molecule has 2 aromatic rings. The lowest BCUT2D eigenvalue weighted by Crippen LogP contribution is -2.25. The molecule has 1 heterocycles. The maximum absolute atomic E-state index is 11.8. The van der Waals surface area contributed by atoms with E-state index in [2.05, 4.69) is 22.3 Å². The summed E-state index contributed by atoms with van der Waals surface area (Å²) >= 11 is 0. The minimum atomic E-state index is -0.302. The number of hydrogen-bond donors (Lipinski definition) is 1. The Balaban J connectivity index is 1.76. The van der Waals surface area contributed by atoms with Crippen molar-refractivity contribution < 1.29 is 14.3 Å². The highest BCUT2D eigenvalue weighted by molar-refractivity contribution is 5.90. The second kappa shape index (κ2) is 7.36. The monoisotopic (exact) mass is 326 g/mol. The molecule has 0 saturated carbocycles. The number of hydrogen-bond acceptors (Lipinski definition) is 5. The van der Waals surface area contributed by atoms with E-state index >= 15 is 0 Å². The molecule has 0 aromatic heterocycles. The fourth-order valence-corrected chi connectivity index (χ4v) is 2.93. The van der Waals surface area contributed by atoms with Crippen LogP contribution in [0.5, 0.6) is 5.75 Å². The van der Waals surface area contributed by atoms with Gasteiger partial charge in [-0.25, -0.2) is 4.79 Å². The van der Waals surface area contributed by atoms with Gasteiger partial charge in [0, 0.05) is 31.9 Å². The van der Waals surface area contributed by atoms with Crippen molar-refractivity contribution in [1.29, 1.82) is 0 Å². The van der Waals surface area contributed by atoms with Gasteiger partial charge in [-0.05, 0) is 41.5 Å². The normalized spacial score (nSPS) is 14.2. The molecule has 3 rings (SSSR count). The van der Waals surface area contributed by atoms with Crippen LogP contribution in [0.1, 0.15) is 21.5 Å². The Morgan fingerprint density at radius 2 is 1.96 bits per heavy atom. The van der Waals surface area contributed by atoms with E-state index in [9.17, 15) is 4.79 Å². The second-order valence-electron chi connectivity index (χ2n) is 5.85. The molecular formula is C19H22N2O3. The number of esters is 1. The molecule has 0 unspecified atom stereocenters. The molecule has 2 aromatic carbocycles. The Morgan fingerprint density at radius 1 is 1.17 bits per heavy atom. The molecule has 0 radical (unpaired) electrons. The fourth-order valence-electron chi connectivity index (χ4n) is 2.93. The number of carbonyl (C=O) groups excluding carboxylic acids is 1. The fraction of sp³-hybridized carbons (Fsp3) is 0.316. The highest BCUT2D eigenvalue weighted by Crippen LogP contribution is 2.23. The number of nitrogens with one attached hydrogen (secondary N) is 1. The molecule has 0 bridgehead atoms. The van der Waals surface area contributed by atoms with Gasteiger partial charge in [0.1, 0.15) is 5.75 Å². The zero-order valence-corrected chi connectivity index (χ0v) is 14.0. The van der Waals surface area contributed by atoms with E-state index in [1.807, 2.05) is 24.3 Å². The SMILES string of the molecule is COC(=O)c1ccc2c(c1)CN(Cc1ccc(OC)cc1)CCN2. The molecule has 1 aliphatic rings. The first-order valence-electron chi connectivity index (χ1n) is 8.00. The summed E-state index contributed by atoms with van der Waals surface area (Å²) < 4.78 is 10.0. The average Bonchev–Trinajstić information content (AvgIpc) is 2.82. The highest BCUT2D eigenvalue weighted by Gasteiger charge is 2.16. The molecule has 1 aliphatic heterocycles. The van der Waals surface area contributed by atoms with Gasteiger partial charge in [0.15, 0.2) is 0 Å². The third-order valence-corrected chi connectivity index (χ3v) is 4.23. The topological polar surface area (TPSA) is 50.8 Å². The van der Waals surface area contributed by atoms with Crippen LogP contribution in [-0.4, -0.2) is 38.2 Å². The minimum absolute atomic E-state index is 0.302. The van der Waals surface area contributed by atoms with E-state index in [-0.39, 0.29) is 5.97 Å². The van der Waals surface area contributed by atoms with Crippen molar-refractivity contribution in [2.24, 2.45) is 0 Å². The number of rotatable bonds is 4. The lowest BCUT2D eigenvalue weighted by molar-refractivity contribution is 0.0600. The van der Waals surface area contributed by atoms with E-state index in [1.54, 1.807) is 13.2 Å². The first-order valence-corrected chi connectivity index (χ1v) is 8.00. The molecule has 1 N–H and O–H groups in total. The van der Waals surface area contributed by atoms with Gasteiger partial charge in [-0.2, -0.15) is 0 Å². The van der Waals surface area contributed by atoms with Crippen LogP contribution in [0.4, 0.5) is 5.69 Å². The molecule has 0 aliphatic carbocycles. The van der Waals surface area contributed by atoms with Gasteiger partial charge in [-0.15, -0.1) is 0 Å². The highest BCUT2D eigenvalue weighted by atomic mass is 16.5. The van der Waals surface area contributed by atoms with Crippen LogP contribution in [0.3, 0.4) is 0 Å². The van der Waals surface area contributed by atoms with Crippen LogP contribution in [0, 0.1) is 0 Å². The molecule has 5 nitrogen and oxygen atoms in total. The second-order valence-corrected chi connectivity index (χ2v) is 5.85. The number of carbonyl (C=O) groups is 1. The molecule has 0 spiro atoms. The van der Waals surface area contributed by atoms with Gasteiger partial charge in [0.2, 0.25) is 0 Å². The first-order chi connectivity index (χ1) is 11.7. The first kappa shape index (κ1) is 16.3. The Bertz CT molecular complexity index is 713. The van der Waals surface area contributed by atoms with Crippen LogP contribution < -0.4 is 10.1 Å². The zero-order valence-electron chi connectivity index (χ0n) is 14.0. The van der Waals surface area contributed by atoms with Gasteiger partial charge in [0.05, 0.1) is 19.8 Å². The smallest absolute Gasteiger partial charge is 0.337 e. The van der Waals surface area contributed by atoms with E-state index < -0.39 is 0 Å². The van der Waals surface area contributed by atoms with Gasteiger partial charge in [0.25, 0.3) is 0 Å². The number of fused-ring (bicyclic) bond motifs is 1. The molecule has 5 heteroatoms. The molecular weight excluding hydrogens is 304 g/mol. The van der Waals surface area contributed by atoms with Crippen LogP contribution in [0.25, 0.3) is 0 Å². The average molecular weight is 326 g/mol. The zero-order chi connectivity index (χ0) is 16.9. The van der Waals surface area contributed by atoms with Crippen molar-refractivity contribution in [2.75, 3.05) is 32.6 Å². The summed E-state index contributed by atoms with van der Waals surface area (Å²) in [6, 6.07) is 13.8. The Labute approximate surface area is 142 Å². The third kappa shape index (κ3) is 3.68. The van der Waals surface area contributed by atoms with Crippen molar-refractivity contribution in [3.63, 3.8) is 0 Å². The van der Waals surface area contributed by atoms with Gasteiger partial charge in [-0.3, -0.25) is 4.90 Å². The van der Waals surface area contributed by atoms with E-state index in [0.29, 0.717) is 5.56 Å². The number of nitrogens with zero attached hydrogens (tertiary/aromatic N) is 1. The van der Waals surface area contributed by atoms with Crippen molar-refractivity contribution in [1.82, 2.24) is 4.90 Å². The number of ether oxygens (including phenoxy) is 2. The molecule has 0 atom stereocenters. The number of methoxy groups -OCH3 is 2.